The van der Waals surface area contributed by atoms with Crippen LogP contribution in [0.3, 0.4) is 0 Å². The van der Waals surface area contributed by atoms with Gasteiger partial charge in [0.2, 0.25) is 0 Å². The zero-order chi connectivity index (χ0) is 13.7. The zero-order valence-electron chi connectivity index (χ0n) is 11.5. The van der Waals surface area contributed by atoms with Crippen LogP contribution in [0.1, 0.15) is 31.7 Å². The predicted octanol–water partition coefficient (Wildman–Crippen LogP) is 3.55. The Kier molecular flexibility index (Phi) is 5.79. The maximum Gasteiger partial charge on any atom is 0.141 e. The van der Waals surface area contributed by atoms with Gasteiger partial charge in [0.15, 0.2) is 0 Å². The molecule has 2 rings (SSSR count). The average molecular weight is 329 g/mol. The summed E-state index contributed by atoms with van der Waals surface area (Å²) < 4.78 is 14.4. The van der Waals surface area contributed by atoms with E-state index in [9.17, 15) is 4.39 Å². The number of rotatable bonds is 5. The van der Waals surface area contributed by atoms with Gasteiger partial charge in [0, 0.05) is 24.7 Å². The maximum atomic E-state index is 13.8. The number of benzene rings is 1. The highest BCUT2D eigenvalue weighted by molar-refractivity contribution is 9.10. The van der Waals surface area contributed by atoms with Crippen molar-refractivity contribution < 1.29 is 4.39 Å². The fourth-order valence-corrected chi connectivity index (χ4v) is 2.97. The second kappa shape index (κ2) is 7.36. The normalized spacial score (nSPS) is 18.5. The van der Waals surface area contributed by atoms with Crippen molar-refractivity contribution in [1.29, 1.82) is 0 Å². The minimum atomic E-state index is -0.153. The molecule has 1 aliphatic heterocycles. The number of halogens is 2. The van der Waals surface area contributed by atoms with Crippen LogP contribution in [0.4, 0.5) is 4.39 Å². The highest BCUT2D eigenvalue weighted by Crippen LogP contribution is 2.18. The van der Waals surface area contributed by atoms with Crippen LogP contribution in [0.25, 0.3) is 0 Å². The van der Waals surface area contributed by atoms with E-state index in [4.69, 9.17) is 0 Å². The smallest absolute Gasteiger partial charge is 0.141 e. The number of nitrogens with one attached hydrogen (secondary N) is 1. The molecule has 1 aromatic carbocycles. The average Bonchev–Trinajstić information content (AvgIpc) is 2.42. The number of hydrogen-bond donors (Lipinski definition) is 1. The molecule has 1 heterocycles. The van der Waals surface area contributed by atoms with Crippen LogP contribution in [0, 0.1) is 5.82 Å². The molecule has 19 heavy (non-hydrogen) atoms. The molecule has 1 unspecified atom stereocenters. The van der Waals surface area contributed by atoms with Gasteiger partial charge in [-0.25, -0.2) is 4.39 Å². The van der Waals surface area contributed by atoms with Crippen LogP contribution in [0.5, 0.6) is 0 Å². The van der Waals surface area contributed by atoms with Gasteiger partial charge >= 0.3 is 0 Å². The Morgan fingerprint density at radius 2 is 2.05 bits per heavy atom. The van der Waals surface area contributed by atoms with Gasteiger partial charge in [-0.3, -0.25) is 0 Å². The molecule has 0 bridgehead atoms. The van der Waals surface area contributed by atoms with Gasteiger partial charge in [-0.1, -0.05) is 18.6 Å². The molecule has 1 fully saturated rings. The van der Waals surface area contributed by atoms with E-state index >= 15 is 0 Å². The molecular formula is C15H22BrFN2. The first-order valence-corrected chi connectivity index (χ1v) is 7.85. The molecule has 0 radical (unpaired) electrons. The second-order valence-electron chi connectivity index (χ2n) is 5.36. The van der Waals surface area contributed by atoms with Gasteiger partial charge in [-0.2, -0.15) is 0 Å². The molecule has 4 heteroatoms. The number of piperidine rings is 1. The van der Waals surface area contributed by atoms with Gasteiger partial charge in [0.05, 0.1) is 4.47 Å². The first kappa shape index (κ1) is 14.9. The molecule has 2 nitrogen and oxygen atoms in total. The molecule has 1 aromatic rings. The fourth-order valence-electron chi connectivity index (χ4n) is 2.56. The van der Waals surface area contributed by atoms with E-state index in [1.54, 1.807) is 6.07 Å². The van der Waals surface area contributed by atoms with E-state index in [2.05, 4.69) is 33.1 Å². The molecule has 0 amide bonds. The summed E-state index contributed by atoms with van der Waals surface area (Å²) >= 11 is 3.22. The van der Waals surface area contributed by atoms with E-state index < -0.39 is 0 Å². The van der Waals surface area contributed by atoms with Crippen molar-refractivity contribution in [3.63, 3.8) is 0 Å². The molecule has 0 saturated carbocycles. The Hall–Kier alpha value is -0.450. The van der Waals surface area contributed by atoms with Gasteiger partial charge in [-0.05, 0) is 54.9 Å². The van der Waals surface area contributed by atoms with Crippen LogP contribution in [0.15, 0.2) is 22.7 Å². The lowest BCUT2D eigenvalue weighted by atomic mass is 10.1. The van der Waals surface area contributed by atoms with Gasteiger partial charge in [0.25, 0.3) is 0 Å². The van der Waals surface area contributed by atoms with Gasteiger partial charge in [0.1, 0.15) is 5.82 Å². The van der Waals surface area contributed by atoms with Crippen LogP contribution >= 0.6 is 15.9 Å². The first-order chi connectivity index (χ1) is 9.16. The number of likely N-dealkylation sites (tertiary alicyclic amines) is 1. The summed E-state index contributed by atoms with van der Waals surface area (Å²) in [6.45, 7) is 6.22. The quantitative estimate of drug-likeness (QED) is 0.889. The largest absolute Gasteiger partial charge is 0.309 e. The minimum Gasteiger partial charge on any atom is -0.309 e. The summed E-state index contributed by atoms with van der Waals surface area (Å²) in [5, 5.41) is 3.41. The van der Waals surface area contributed by atoms with Crippen LogP contribution in [0.2, 0.25) is 0 Å². The lowest BCUT2D eigenvalue weighted by Gasteiger charge is -2.29. The third-order valence-electron chi connectivity index (χ3n) is 3.65. The van der Waals surface area contributed by atoms with E-state index in [0.717, 1.165) is 12.1 Å². The summed E-state index contributed by atoms with van der Waals surface area (Å²) in [6.07, 6.45) is 3.99. The maximum absolute atomic E-state index is 13.8. The second-order valence-corrected chi connectivity index (χ2v) is 6.21. The minimum absolute atomic E-state index is 0.153. The molecule has 0 aromatic heterocycles. The van der Waals surface area contributed by atoms with Crippen LogP contribution in [-0.2, 0) is 6.54 Å². The Bertz CT molecular complexity index is 405. The predicted molar refractivity (Wildman–Crippen MR) is 80.7 cm³/mol. The first-order valence-electron chi connectivity index (χ1n) is 7.05. The Morgan fingerprint density at radius 1 is 1.32 bits per heavy atom. The van der Waals surface area contributed by atoms with Crippen molar-refractivity contribution in [2.45, 2.75) is 38.8 Å². The van der Waals surface area contributed by atoms with Crippen LogP contribution in [-0.4, -0.2) is 30.6 Å². The summed E-state index contributed by atoms with van der Waals surface area (Å²) in [7, 11) is 0. The highest BCUT2D eigenvalue weighted by Gasteiger charge is 2.13. The van der Waals surface area contributed by atoms with Gasteiger partial charge in [-0.15, -0.1) is 0 Å². The number of hydrogen-bond acceptors (Lipinski definition) is 2. The monoisotopic (exact) mass is 328 g/mol. The SMILES string of the molecule is CC(CN1CCCCC1)NCc1cccc(Br)c1F. The van der Waals surface area contributed by atoms with Crippen molar-refractivity contribution in [1.82, 2.24) is 10.2 Å². The third-order valence-corrected chi connectivity index (χ3v) is 4.27. The lowest BCUT2D eigenvalue weighted by molar-refractivity contribution is 0.208. The van der Waals surface area contributed by atoms with E-state index in [1.807, 2.05) is 12.1 Å². The van der Waals surface area contributed by atoms with Crippen molar-refractivity contribution in [3.8, 4) is 0 Å². The van der Waals surface area contributed by atoms with Crippen molar-refractivity contribution in [2.24, 2.45) is 0 Å². The molecule has 1 atom stereocenters. The molecule has 1 N–H and O–H groups in total. The summed E-state index contributed by atoms with van der Waals surface area (Å²) in [5.41, 5.74) is 0.722. The molecule has 1 saturated heterocycles. The molecule has 106 valence electrons. The van der Waals surface area contributed by atoms with E-state index in [1.165, 1.54) is 32.4 Å². The zero-order valence-corrected chi connectivity index (χ0v) is 13.0. The highest BCUT2D eigenvalue weighted by atomic mass is 79.9. The molecule has 0 spiro atoms. The summed E-state index contributed by atoms with van der Waals surface area (Å²) in [4.78, 5) is 2.50. The standard InChI is InChI=1S/C15H22BrFN2/c1-12(11-19-8-3-2-4-9-19)18-10-13-6-5-7-14(16)15(13)17/h5-7,12,18H,2-4,8-11H2,1H3. The van der Waals surface area contributed by atoms with Gasteiger partial charge < -0.3 is 10.2 Å². The van der Waals surface area contributed by atoms with Crippen molar-refractivity contribution in [3.05, 3.63) is 34.1 Å². The topological polar surface area (TPSA) is 15.3 Å². The third kappa shape index (κ3) is 4.55. The van der Waals surface area contributed by atoms with Crippen molar-refractivity contribution in [2.75, 3.05) is 19.6 Å². The Morgan fingerprint density at radius 3 is 2.79 bits per heavy atom. The Labute approximate surface area is 123 Å². The Balaban J connectivity index is 1.79. The van der Waals surface area contributed by atoms with E-state index in [0.29, 0.717) is 17.1 Å². The lowest BCUT2D eigenvalue weighted by Crippen LogP contribution is -2.41. The molecular weight excluding hydrogens is 307 g/mol. The summed E-state index contributed by atoms with van der Waals surface area (Å²) in [6, 6.07) is 5.83. The van der Waals surface area contributed by atoms with Crippen molar-refractivity contribution >= 4 is 15.9 Å². The fraction of sp³-hybridized carbons (Fsp3) is 0.600. The summed E-state index contributed by atoms with van der Waals surface area (Å²) in [5.74, 6) is -0.153. The number of nitrogens with zero attached hydrogens (tertiary/aromatic N) is 1. The van der Waals surface area contributed by atoms with E-state index in [-0.39, 0.29) is 5.82 Å². The molecule has 1 aliphatic rings. The molecule has 0 aliphatic carbocycles. The van der Waals surface area contributed by atoms with Crippen LogP contribution < -0.4 is 5.32 Å².